The number of para-hydroxylation sites is 1. The van der Waals surface area contributed by atoms with Crippen molar-refractivity contribution in [2.45, 2.75) is 43.8 Å². The summed E-state index contributed by atoms with van der Waals surface area (Å²) in [6.45, 7) is 4.33. The molecular weight excluding hydrogens is 232 g/mol. The third-order valence-electron chi connectivity index (χ3n) is 3.30. The third kappa shape index (κ3) is 3.17. The Hall–Kier alpha value is -0.670. The topological polar surface area (TPSA) is 29.5 Å². The molecule has 0 fully saturated rings. The Labute approximate surface area is 107 Å². The van der Waals surface area contributed by atoms with Crippen LogP contribution in [0.3, 0.4) is 0 Å². The van der Waals surface area contributed by atoms with E-state index in [9.17, 15) is 5.11 Å². The summed E-state index contributed by atoms with van der Waals surface area (Å²) in [7, 11) is 0. The smallest absolute Gasteiger partial charge is 0.134 e. The lowest BCUT2D eigenvalue weighted by Gasteiger charge is -2.30. The van der Waals surface area contributed by atoms with Gasteiger partial charge in [0.25, 0.3) is 0 Å². The molecule has 0 saturated carbocycles. The SMILES string of the molecule is CCC(C)CC(O)C1CSc2ccccc2O1. The van der Waals surface area contributed by atoms with E-state index in [1.807, 2.05) is 18.2 Å². The van der Waals surface area contributed by atoms with E-state index in [1.54, 1.807) is 11.8 Å². The lowest BCUT2D eigenvalue weighted by molar-refractivity contribution is 0.0309. The van der Waals surface area contributed by atoms with Crippen molar-refractivity contribution in [3.63, 3.8) is 0 Å². The molecule has 1 aromatic rings. The molecule has 1 aliphatic rings. The third-order valence-corrected chi connectivity index (χ3v) is 4.44. The van der Waals surface area contributed by atoms with Crippen molar-refractivity contribution in [3.05, 3.63) is 24.3 Å². The van der Waals surface area contributed by atoms with Gasteiger partial charge >= 0.3 is 0 Å². The highest BCUT2D eigenvalue weighted by molar-refractivity contribution is 7.99. The molecule has 94 valence electrons. The van der Waals surface area contributed by atoms with E-state index in [1.165, 1.54) is 4.90 Å². The highest BCUT2D eigenvalue weighted by Gasteiger charge is 2.27. The molecule has 1 aliphatic heterocycles. The maximum atomic E-state index is 10.2. The predicted octanol–water partition coefficient (Wildman–Crippen LogP) is 3.34. The highest BCUT2D eigenvalue weighted by atomic mass is 32.2. The summed E-state index contributed by atoms with van der Waals surface area (Å²) >= 11 is 1.77. The molecule has 3 unspecified atom stereocenters. The molecule has 17 heavy (non-hydrogen) atoms. The normalized spacial score (nSPS) is 22.4. The fraction of sp³-hybridized carbons (Fsp3) is 0.571. The predicted molar refractivity (Wildman–Crippen MR) is 71.7 cm³/mol. The monoisotopic (exact) mass is 252 g/mol. The number of thioether (sulfide) groups is 1. The van der Waals surface area contributed by atoms with Gasteiger partial charge in [-0.3, -0.25) is 0 Å². The average molecular weight is 252 g/mol. The van der Waals surface area contributed by atoms with Crippen LogP contribution in [0.5, 0.6) is 5.75 Å². The van der Waals surface area contributed by atoms with Gasteiger partial charge in [-0.1, -0.05) is 32.4 Å². The minimum absolute atomic E-state index is 0.0658. The van der Waals surface area contributed by atoms with Crippen LogP contribution in [-0.2, 0) is 0 Å². The fourth-order valence-corrected chi connectivity index (χ4v) is 3.02. The van der Waals surface area contributed by atoms with E-state index < -0.39 is 0 Å². The van der Waals surface area contributed by atoms with Crippen LogP contribution in [0.25, 0.3) is 0 Å². The summed E-state index contributed by atoms with van der Waals surface area (Å²) in [5.41, 5.74) is 0. The highest BCUT2D eigenvalue weighted by Crippen LogP contribution is 2.36. The van der Waals surface area contributed by atoms with Crippen LogP contribution in [0.4, 0.5) is 0 Å². The van der Waals surface area contributed by atoms with Gasteiger partial charge in [0.1, 0.15) is 11.9 Å². The molecule has 0 spiro atoms. The minimum atomic E-state index is -0.356. The van der Waals surface area contributed by atoms with Crippen LogP contribution in [0.2, 0.25) is 0 Å². The van der Waals surface area contributed by atoms with Crippen LogP contribution in [0, 0.1) is 5.92 Å². The second-order valence-electron chi connectivity index (χ2n) is 4.73. The molecule has 0 radical (unpaired) electrons. The number of aliphatic hydroxyl groups is 1. The number of aliphatic hydroxyl groups excluding tert-OH is 1. The van der Waals surface area contributed by atoms with Crippen molar-refractivity contribution >= 4 is 11.8 Å². The van der Waals surface area contributed by atoms with E-state index in [0.717, 1.165) is 24.3 Å². The molecule has 0 amide bonds. The maximum absolute atomic E-state index is 10.2. The molecule has 1 N–H and O–H groups in total. The molecule has 0 aliphatic carbocycles. The van der Waals surface area contributed by atoms with Crippen molar-refractivity contribution in [2.24, 2.45) is 5.92 Å². The van der Waals surface area contributed by atoms with Crippen molar-refractivity contribution in [3.8, 4) is 5.75 Å². The van der Waals surface area contributed by atoms with Gasteiger partial charge in [-0.25, -0.2) is 0 Å². The van der Waals surface area contributed by atoms with Gasteiger partial charge in [0.05, 0.1) is 6.10 Å². The minimum Gasteiger partial charge on any atom is -0.486 e. The molecular formula is C14H20O2S. The zero-order valence-corrected chi connectivity index (χ0v) is 11.2. The average Bonchev–Trinajstić information content (AvgIpc) is 2.38. The van der Waals surface area contributed by atoms with Gasteiger partial charge in [0.2, 0.25) is 0 Å². The fourth-order valence-electron chi connectivity index (χ4n) is 1.96. The summed E-state index contributed by atoms with van der Waals surface area (Å²) < 4.78 is 5.87. The largest absolute Gasteiger partial charge is 0.486 e. The zero-order chi connectivity index (χ0) is 12.3. The zero-order valence-electron chi connectivity index (χ0n) is 10.4. The first-order valence-corrected chi connectivity index (χ1v) is 7.25. The summed E-state index contributed by atoms with van der Waals surface area (Å²) in [6.07, 6.45) is 1.51. The Kier molecular flexibility index (Phi) is 4.35. The van der Waals surface area contributed by atoms with Crippen LogP contribution < -0.4 is 4.74 Å². The number of benzene rings is 1. The van der Waals surface area contributed by atoms with Crippen molar-refractivity contribution in [1.82, 2.24) is 0 Å². The Morgan fingerprint density at radius 2 is 2.24 bits per heavy atom. The number of fused-ring (bicyclic) bond motifs is 1. The summed E-state index contributed by atoms with van der Waals surface area (Å²) in [4.78, 5) is 1.18. The maximum Gasteiger partial charge on any atom is 0.134 e. The molecule has 2 nitrogen and oxygen atoms in total. The molecule has 1 aromatic carbocycles. The molecule has 0 bridgehead atoms. The van der Waals surface area contributed by atoms with Crippen molar-refractivity contribution < 1.29 is 9.84 Å². The van der Waals surface area contributed by atoms with E-state index in [2.05, 4.69) is 19.9 Å². The Morgan fingerprint density at radius 3 is 3.00 bits per heavy atom. The number of hydrogen-bond acceptors (Lipinski definition) is 3. The quantitative estimate of drug-likeness (QED) is 0.891. The lowest BCUT2D eigenvalue weighted by Crippen LogP contribution is -2.37. The Bertz CT molecular complexity index is 367. The molecule has 0 saturated heterocycles. The van der Waals surface area contributed by atoms with E-state index >= 15 is 0 Å². The molecule has 0 aromatic heterocycles. The van der Waals surface area contributed by atoms with Gasteiger partial charge in [-0.05, 0) is 24.5 Å². The number of ether oxygens (including phenoxy) is 1. The summed E-state index contributed by atoms with van der Waals surface area (Å²) in [6, 6.07) is 8.04. The van der Waals surface area contributed by atoms with Gasteiger partial charge in [0.15, 0.2) is 0 Å². The van der Waals surface area contributed by atoms with Crippen molar-refractivity contribution in [1.29, 1.82) is 0 Å². The van der Waals surface area contributed by atoms with Crippen LogP contribution >= 0.6 is 11.8 Å². The molecule has 3 atom stereocenters. The summed E-state index contributed by atoms with van der Waals surface area (Å²) in [5, 5.41) is 10.2. The second-order valence-corrected chi connectivity index (χ2v) is 5.79. The first-order valence-electron chi connectivity index (χ1n) is 6.27. The van der Waals surface area contributed by atoms with E-state index in [4.69, 9.17) is 4.74 Å². The Balaban J connectivity index is 1.97. The first kappa shape index (κ1) is 12.8. The second kappa shape index (κ2) is 5.78. The van der Waals surface area contributed by atoms with Crippen molar-refractivity contribution in [2.75, 3.05) is 5.75 Å². The number of rotatable bonds is 4. The number of hydrogen-bond donors (Lipinski definition) is 1. The first-order chi connectivity index (χ1) is 8.20. The summed E-state index contributed by atoms with van der Waals surface area (Å²) in [5.74, 6) is 2.31. The van der Waals surface area contributed by atoms with Crippen LogP contribution in [0.1, 0.15) is 26.7 Å². The van der Waals surface area contributed by atoms with Gasteiger partial charge < -0.3 is 9.84 Å². The molecule has 3 heteroatoms. The van der Waals surface area contributed by atoms with Gasteiger partial charge in [0, 0.05) is 10.6 Å². The Morgan fingerprint density at radius 1 is 1.47 bits per heavy atom. The molecule has 2 rings (SSSR count). The lowest BCUT2D eigenvalue weighted by atomic mass is 9.98. The van der Waals surface area contributed by atoms with E-state index in [-0.39, 0.29) is 12.2 Å². The van der Waals surface area contributed by atoms with Crippen LogP contribution in [-0.4, -0.2) is 23.1 Å². The molecule has 1 heterocycles. The van der Waals surface area contributed by atoms with E-state index in [0.29, 0.717) is 5.92 Å². The van der Waals surface area contributed by atoms with Crippen LogP contribution in [0.15, 0.2) is 29.2 Å². The van der Waals surface area contributed by atoms with Gasteiger partial charge in [-0.2, -0.15) is 0 Å². The standard InChI is InChI=1S/C14H20O2S/c1-3-10(2)8-11(15)13-9-17-14-7-5-4-6-12(14)16-13/h4-7,10-11,13,15H,3,8-9H2,1-2H3. The van der Waals surface area contributed by atoms with Gasteiger partial charge in [-0.15, -0.1) is 11.8 Å².